The van der Waals surface area contributed by atoms with Gasteiger partial charge in [0.25, 0.3) is 0 Å². The molecule has 0 aromatic carbocycles. The highest BCUT2D eigenvalue weighted by atomic mass is 16.3. The summed E-state index contributed by atoms with van der Waals surface area (Å²) < 4.78 is 0. The van der Waals surface area contributed by atoms with Crippen LogP contribution in [0.25, 0.3) is 0 Å². The van der Waals surface area contributed by atoms with Crippen LogP contribution in [0.5, 0.6) is 0 Å². The van der Waals surface area contributed by atoms with Gasteiger partial charge in [-0.15, -0.1) is 0 Å². The molecule has 0 aliphatic heterocycles. The molecule has 0 aromatic rings. The van der Waals surface area contributed by atoms with Crippen LogP contribution in [0.1, 0.15) is 20.8 Å². The minimum Gasteiger partial charge on any atom is -0.381 e. The first-order valence-electron chi connectivity index (χ1n) is 4.43. The summed E-state index contributed by atoms with van der Waals surface area (Å²) in [7, 11) is 0. The number of amidine groups is 1. The molecule has 0 heterocycles. The minimum atomic E-state index is -0.00196. The topological polar surface area (TPSA) is 56.7 Å². The number of aliphatic hydroxyl groups is 1. The molecule has 0 rings (SSSR count). The monoisotopic (exact) mass is 185 g/mol. The van der Waals surface area contributed by atoms with Crippen LogP contribution in [0.15, 0.2) is 17.3 Å². The summed E-state index contributed by atoms with van der Waals surface area (Å²) in [6.45, 7) is 6.49. The summed E-state index contributed by atoms with van der Waals surface area (Å²) in [5.41, 5.74) is 0. The highest BCUT2D eigenvalue weighted by molar-refractivity contribution is 5.80. The molecule has 0 unspecified atom stereocenters. The molecule has 0 amide bonds. The van der Waals surface area contributed by atoms with Crippen LogP contribution < -0.4 is 10.6 Å². The van der Waals surface area contributed by atoms with Gasteiger partial charge in [-0.05, 0) is 27.0 Å². The van der Waals surface area contributed by atoms with E-state index in [1.807, 2.05) is 33.0 Å². The Hall–Kier alpha value is -0.870. The molecule has 3 N–H and O–H groups in total. The lowest BCUT2D eigenvalue weighted by Crippen LogP contribution is -2.30. The Morgan fingerprint density at radius 1 is 1.62 bits per heavy atom. The third kappa shape index (κ3) is 7.49. The van der Waals surface area contributed by atoms with Gasteiger partial charge in [-0.3, -0.25) is 10.3 Å². The van der Waals surface area contributed by atoms with Crippen LogP contribution in [-0.2, 0) is 0 Å². The number of nitrogens with zero attached hydrogens (tertiary/aromatic N) is 1. The highest BCUT2D eigenvalue weighted by Crippen LogP contribution is 1.83. The molecule has 0 saturated heterocycles. The summed E-state index contributed by atoms with van der Waals surface area (Å²) in [4.78, 5) is 4.26. The first-order valence-corrected chi connectivity index (χ1v) is 4.43. The fourth-order valence-electron chi connectivity index (χ4n) is 0.744. The number of rotatable bonds is 5. The molecule has 0 fully saturated rings. The molecule has 13 heavy (non-hydrogen) atoms. The Kier molecular flexibility index (Phi) is 7.24. The number of hydrogen-bond donors (Lipinski definition) is 3. The lowest BCUT2D eigenvalue weighted by Gasteiger charge is -2.08. The van der Waals surface area contributed by atoms with Gasteiger partial charge in [-0.2, -0.15) is 0 Å². The summed E-state index contributed by atoms with van der Waals surface area (Å²) in [5.74, 6) is 0.879. The molecule has 4 heteroatoms. The third-order valence-electron chi connectivity index (χ3n) is 1.50. The van der Waals surface area contributed by atoms with E-state index in [1.54, 1.807) is 0 Å². The van der Waals surface area contributed by atoms with Gasteiger partial charge in [0.15, 0.2) is 0 Å². The standard InChI is InChI=1S/C9H19N3O/c1-4-5-10-9(3)11-6-8(2)12-7-13/h4-5,8,12-13H,6-7H2,1-3H3,(H,10,11)/b5-4-/t8-/m0/s1. The van der Waals surface area contributed by atoms with Gasteiger partial charge in [0, 0.05) is 6.04 Å². The lowest BCUT2D eigenvalue weighted by molar-refractivity contribution is 0.246. The van der Waals surface area contributed by atoms with Gasteiger partial charge in [0.05, 0.1) is 19.1 Å². The molecule has 0 saturated carbocycles. The summed E-state index contributed by atoms with van der Waals surface area (Å²) in [6, 6.07) is 0.201. The average Bonchev–Trinajstić information content (AvgIpc) is 2.12. The minimum absolute atomic E-state index is 0.00196. The molecule has 1 atom stereocenters. The molecular weight excluding hydrogens is 166 g/mol. The SMILES string of the molecule is C/C=C\NC(C)=NC[C@H](C)NCO. The van der Waals surface area contributed by atoms with Crippen LogP contribution in [0.4, 0.5) is 0 Å². The maximum atomic E-state index is 8.56. The number of aliphatic imine (C=N–C) groups is 1. The maximum Gasteiger partial charge on any atom is 0.0971 e. The second-order valence-electron chi connectivity index (χ2n) is 2.83. The van der Waals surface area contributed by atoms with E-state index in [2.05, 4.69) is 15.6 Å². The normalized spacial score (nSPS) is 14.9. The molecule has 0 bridgehead atoms. The van der Waals surface area contributed by atoms with E-state index in [-0.39, 0.29) is 12.8 Å². The second-order valence-corrected chi connectivity index (χ2v) is 2.83. The van der Waals surface area contributed by atoms with Crippen molar-refractivity contribution in [2.45, 2.75) is 26.8 Å². The van der Waals surface area contributed by atoms with Gasteiger partial charge in [-0.1, -0.05) is 6.08 Å². The van der Waals surface area contributed by atoms with E-state index in [0.29, 0.717) is 6.54 Å². The number of hydrogen-bond acceptors (Lipinski definition) is 3. The summed E-state index contributed by atoms with van der Waals surface area (Å²) in [6.07, 6.45) is 3.75. The molecule has 0 spiro atoms. The zero-order valence-electron chi connectivity index (χ0n) is 8.54. The number of nitrogens with one attached hydrogen (secondary N) is 2. The van der Waals surface area contributed by atoms with Crippen molar-refractivity contribution in [3.63, 3.8) is 0 Å². The van der Waals surface area contributed by atoms with Crippen molar-refractivity contribution in [1.29, 1.82) is 0 Å². The first-order chi connectivity index (χ1) is 6.20. The maximum absolute atomic E-state index is 8.56. The van der Waals surface area contributed by atoms with Crippen molar-refractivity contribution in [2.24, 2.45) is 4.99 Å². The predicted molar refractivity (Wildman–Crippen MR) is 55.6 cm³/mol. The average molecular weight is 185 g/mol. The van der Waals surface area contributed by atoms with E-state index >= 15 is 0 Å². The van der Waals surface area contributed by atoms with Crippen molar-refractivity contribution in [3.8, 4) is 0 Å². The van der Waals surface area contributed by atoms with Crippen LogP contribution >= 0.6 is 0 Å². The quantitative estimate of drug-likeness (QED) is 0.331. The third-order valence-corrected chi connectivity index (χ3v) is 1.50. The first kappa shape index (κ1) is 12.1. The number of allylic oxidation sites excluding steroid dienone is 1. The van der Waals surface area contributed by atoms with Crippen molar-refractivity contribution in [3.05, 3.63) is 12.3 Å². The largest absolute Gasteiger partial charge is 0.381 e. The van der Waals surface area contributed by atoms with Crippen LogP contribution in [0.2, 0.25) is 0 Å². The van der Waals surface area contributed by atoms with E-state index in [0.717, 1.165) is 5.84 Å². The van der Waals surface area contributed by atoms with Gasteiger partial charge in [-0.25, -0.2) is 0 Å². The fourth-order valence-corrected chi connectivity index (χ4v) is 0.744. The Bertz CT molecular complexity index is 178. The Labute approximate surface area is 79.8 Å². The van der Waals surface area contributed by atoms with Gasteiger partial charge in [0.2, 0.25) is 0 Å². The zero-order valence-corrected chi connectivity index (χ0v) is 8.54. The van der Waals surface area contributed by atoms with Crippen LogP contribution in [0, 0.1) is 0 Å². The van der Waals surface area contributed by atoms with Crippen molar-refractivity contribution < 1.29 is 5.11 Å². The van der Waals surface area contributed by atoms with Crippen molar-refractivity contribution in [1.82, 2.24) is 10.6 Å². The van der Waals surface area contributed by atoms with Gasteiger partial charge >= 0.3 is 0 Å². The second kappa shape index (κ2) is 7.76. The smallest absolute Gasteiger partial charge is 0.0971 e. The van der Waals surface area contributed by atoms with Crippen LogP contribution in [0.3, 0.4) is 0 Å². The Morgan fingerprint density at radius 2 is 2.31 bits per heavy atom. The molecule has 4 nitrogen and oxygen atoms in total. The molecule has 0 radical (unpaired) electrons. The summed E-state index contributed by atoms with van der Waals surface area (Å²) >= 11 is 0. The molecule has 0 aromatic heterocycles. The van der Waals surface area contributed by atoms with E-state index in [4.69, 9.17) is 5.11 Å². The van der Waals surface area contributed by atoms with Crippen LogP contribution in [-0.4, -0.2) is 30.3 Å². The lowest BCUT2D eigenvalue weighted by atomic mass is 10.3. The van der Waals surface area contributed by atoms with Crippen molar-refractivity contribution >= 4 is 5.84 Å². The molecule has 0 aliphatic carbocycles. The molecular formula is C9H19N3O. The van der Waals surface area contributed by atoms with Crippen molar-refractivity contribution in [2.75, 3.05) is 13.3 Å². The Balaban J connectivity index is 3.68. The Morgan fingerprint density at radius 3 is 2.85 bits per heavy atom. The highest BCUT2D eigenvalue weighted by Gasteiger charge is 1.96. The zero-order chi connectivity index (χ0) is 10.1. The van der Waals surface area contributed by atoms with Gasteiger partial charge in [0.1, 0.15) is 0 Å². The van der Waals surface area contributed by atoms with Gasteiger partial charge < -0.3 is 10.4 Å². The molecule has 0 aliphatic rings. The molecule has 76 valence electrons. The van der Waals surface area contributed by atoms with E-state index in [1.165, 1.54) is 0 Å². The summed E-state index contributed by atoms with van der Waals surface area (Å²) in [5, 5.41) is 14.4. The van der Waals surface area contributed by atoms with E-state index in [9.17, 15) is 0 Å². The number of aliphatic hydroxyl groups excluding tert-OH is 1. The predicted octanol–water partition coefficient (Wildman–Crippen LogP) is 0.456. The fraction of sp³-hybridized carbons (Fsp3) is 0.667. The van der Waals surface area contributed by atoms with E-state index < -0.39 is 0 Å².